The number of aromatic nitrogens is 1. The van der Waals surface area contributed by atoms with Crippen molar-refractivity contribution in [2.24, 2.45) is 0 Å². The summed E-state index contributed by atoms with van der Waals surface area (Å²) in [5.74, 6) is -2.94. The Labute approximate surface area is 177 Å². The number of hydrogen-bond donors (Lipinski definition) is 0. The minimum Gasteiger partial charge on any atom is -0.487 e. The second-order valence-electron chi connectivity index (χ2n) is 6.25. The van der Waals surface area contributed by atoms with Crippen LogP contribution >= 0.6 is 11.6 Å². The number of halogens is 2. The standard InChI is InChI=1S/C19H21ClFN3O4/c1-11-9-27-18-15-12(17(25)13(8-24(11)15)19(26)28-10-20)7-14(21)16(18)23-5-3-22(2)4-6-23/h7-8,11H,3-6,9-10H2,1-2H3/t11-/m0/s1/i3D2,4D2,5D2,6D2. The van der Waals surface area contributed by atoms with E-state index in [9.17, 15) is 9.59 Å². The zero-order chi connectivity index (χ0) is 27.2. The van der Waals surface area contributed by atoms with Gasteiger partial charge in [-0.2, -0.15) is 0 Å². The predicted octanol–water partition coefficient (Wildman–Crippen LogP) is 2.20. The first-order valence-corrected chi connectivity index (χ1v) is 8.79. The SMILES string of the molecule is [2H]C1([2H])N(C)C([2H])([2H])C([2H])([2H])N(c2c(F)cc3c(=O)c(C(=O)OCCl)cn4c3c2OC[C@@H]4C)C1([2H])[2H]. The number of carbonyl (C=O) groups excluding carboxylic acids is 1. The molecule has 150 valence electrons. The van der Waals surface area contributed by atoms with Crippen LogP contribution < -0.4 is 15.1 Å². The lowest BCUT2D eigenvalue weighted by atomic mass is 10.1. The highest BCUT2D eigenvalue weighted by molar-refractivity contribution is 6.17. The quantitative estimate of drug-likeness (QED) is 0.563. The van der Waals surface area contributed by atoms with Crippen LogP contribution in [-0.4, -0.2) is 61.1 Å². The Hall–Kier alpha value is -2.32. The molecule has 9 heteroatoms. The Kier molecular flexibility index (Phi) is 3.01. The third-order valence-corrected chi connectivity index (χ3v) is 4.54. The number of piperazine rings is 1. The third-order valence-electron chi connectivity index (χ3n) is 4.43. The first kappa shape index (κ1) is 11.6. The van der Waals surface area contributed by atoms with Gasteiger partial charge in [-0.15, -0.1) is 0 Å². The van der Waals surface area contributed by atoms with Crippen LogP contribution in [0, 0.1) is 5.82 Å². The average molecular weight is 418 g/mol. The molecule has 0 radical (unpaired) electrons. The van der Waals surface area contributed by atoms with Crippen molar-refractivity contribution < 1.29 is 29.6 Å². The Morgan fingerprint density at radius 3 is 2.82 bits per heavy atom. The maximum atomic E-state index is 15.8. The lowest BCUT2D eigenvalue weighted by molar-refractivity contribution is 0.0571. The number of esters is 1. The summed E-state index contributed by atoms with van der Waals surface area (Å²) < 4.78 is 94.3. The van der Waals surface area contributed by atoms with Gasteiger partial charge in [-0.1, -0.05) is 11.6 Å². The minimum atomic E-state index is -3.33. The predicted molar refractivity (Wildman–Crippen MR) is 104 cm³/mol. The number of rotatable bonds is 3. The van der Waals surface area contributed by atoms with E-state index in [4.69, 9.17) is 32.0 Å². The van der Waals surface area contributed by atoms with Gasteiger partial charge < -0.3 is 23.8 Å². The molecule has 0 saturated carbocycles. The number of anilines is 1. The minimum absolute atomic E-state index is 0.0462. The zero-order valence-corrected chi connectivity index (χ0v) is 15.6. The third kappa shape index (κ3) is 3.00. The van der Waals surface area contributed by atoms with Gasteiger partial charge in [0.2, 0.25) is 5.43 Å². The Balaban J connectivity index is 2.12. The number of ether oxygens (including phenoxy) is 2. The Morgan fingerprint density at radius 1 is 1.43 bits per heavy atom. The highest BCUT2D eigenvalue weighted by Gasteiger charge is 2.31. The second kappa shape index (κ2) is 7.25. The smallest absolute Gasteiger partial charge is 0.344 e. The molecule has 2 aliphatic heterocycles. The second-order valence-corrected chi connectivity index (χ2v) is 6.47. The summed E-state index contributed by atoms with van der Waals surface area (Å²) >= 11 is 5.42. The van der Waals surface area contributed by atoms with Gasteiger partial charge in [-0.3, -0.25) is 4.79 Å². The largest absolute Gasteiger partial charge is 0.487 e. The Morgan fingerprint density at radius 2 is 2.14 bits per heavy atom. The molecular weight excluding hydrogens is 389 g/mol. The molecule has 0 spiro atoms. The molecule has 1 aromatic carbocycles. The summed E-state index contributed by atoms with van der Waals surface area (Å²) in [7, 11) is 0.880. The number of pyridine rings is 1. The topological polar surface area (TPSA) is 64.0 Å². The molecule has 2 aromatic rings. The van der Waals surface area contributed by atoms with Crippen molar-refractivity contribution in [3.05, 3.63) is 33.9 Å². The first-order chi connectivity index (χ1) is 16.4. The number of carbonyl (C=O) groups is 1. The summed E-state index contributed by atoms with van der Waals surface area (Å²) in [5.41, 5.74) is -2.41. The first-order valence-electron chi connectivity index (χ1n) is 12.3. The average Bonchev–Trinajstić information content (AvgIpc) is 2.77. The molecule has 4 rings (SSSR count). The maximum absolute atomic E-state index is 15.8. The van der Waals surface area contributed by atoms with Crippen LogP contribution in [0.4, 0.5) is 10.1 Å². The van der Waals surface area contributed by atoms with Crippen molar-refractivity contribution in [3.8, 4) is 5.75 Å². The fourth-order valence-electron chi connectivity index (χ4n) is 3.11. The molecule has 0 unspecified atom stereocenters. The van der Waals surface area contributed by atoms with Crippen LogP contribution in [0.2, 0.25) is 0 Å². The fraction of sp³-hybridized carbons (Fsp3) is 0.474. The van der Waals surface area contributed by atoms with Crippen LogP contribution in [0.25, 0.3) is 10.9 Å². The molecule has 0 amide bonds. The van der Waals surface area contributed by atoms with Gasteiger partial charge in [0.25, 0.3) is 0 Å². The van der Waals surface area contributed by atoms with Gasteiger partial charge in [0, 0.05) is 37.7 Å². The number of benzene rings is 1. The Bertz CT molecular complexity index is 1310. The number of hydrogen-bond acceptors (Lipinski definition) is 6. The van der Waals surface area contributed by atoms with Gasteiger partial charge in [0.1, 0.15) is 17.9 Å². The molecule has 1 atom stereocenters. The molecule has 28 heavy (non-hydrogen) atoms. The van der Waals surface area contributed by atoms with E-state index in [1.54, 1.807) is 6.92 Å². The van der Waals surface area contributed by atoms with Gasteiger partial charge in [-0.05, 0) is 20.0 Å². The summed E-state index contributed by atoms with van der Waals surface area (Å²) in [6.45, 7) is -11.5. The molecule has 0 bridgehead atoms. The summed E-state index contributed by atoms with van der Waals surface area (Å²) in [6, 6.07) is -0.410. The van der Waals surface area contributed by atoms with Gasteiger partial charge in [0.15, 0.2) is 17.6 Å². The van der Waals surface area contributed by atoms with E-state index in [1.807, 2.05) is 0 Å². The van der Waals surface area contributed by atoms with Gasteiger partial charge >= 0.3 is 5.97 Å². The van der Waals surface area contributed by atoms with Crippen LogP contribution in [0.3, 0.4) is 0 Å². The van der Waals surface area contributed by atoms with Crippen molar-refractivity contribution in [1.29, 1.82) is 0 Å². The number of likely N-dealkylation sites (N-methyl/N-ethyl adjacent to an activating group) is 1. The molecule has 1 aromatic heterocycles. The molecule has 1 fully saturated rings. The maximum Gasteiger partial charge on any atom is 0.344 e. The number of alkyl halides is 1. The van der Waals surface area contributed by atoms with Crippen LogP contribution in [-0.2, 0) is 4.74 Å². The highest BCUT2D eigenvalue weighted by atomic mass is 35.5. The molecule has 0 N–H and O–H groups in total. The highest BCUT2D eigenvalue weighted by Crippen LogP contribution is 2.42. The van der Waals surface area contributed by atoms with E-state index in [1.165, 1.54) is 4.57 Å². The summed E-state index contributed by atoms with van der Waals surface area (Å²) in [4.78, 5) is 25.7. The van der Waals surface area contributed by atoms with E-state index in [2.05, 4.69) is 0 Å². The molecule has 7 nitrogen and oxygen atoms in total. The van der Waals surface area contributed by atoms with E-state index in [-0.39, 0.29) is 27.3 Å². The van der Waals surface area contributed by atoms with Crippen molar-refractivity contribution in [2.75, 3.05) is 50.6 Å². The monoisotopic (exact) mass is 417 g/mol. The van der Waals surface area contributed by atoms with Crippen molar-refractivity contribution in [3.63, 3.8) is 0 Å². The van der Waals surface area contributed by atoms with Crippen LogP contribution in [0.15, 0.2) is 17.1 Å². The number of nitrogens with zero attached hydrogens (tertiary/aromatic N) is 3. The fourth-order valence-corrected chi connectivity index (χ4v) is 3.21. The van der Waals surface area contributed by atoms with Crippen LogP contribution in [0.5, 0.6) is 5.75 Å². The van der Waals surface area contributed by atoms with E-state index >= 15 is 4.39 Å². The van der Waals surface area contributed by atoms with Crippen molar-refractivity contribution in [1.82, 2.24) is 9.47 Å². The van der Waals surface area contributed by atoms with Crippen molar-refractivity contribution in [2.45, 2.75) is 13.0 Å². The van der Waals surface area contributed by atoms with Crippen LogP contribution in [0.1, 0.15) is 34.3 Å². The van der Waals surface area contributed by atoms with Gasteiger partial charge in [0.05, 0.1) is 22.4 Å². The van der Waals surface area contributed by atoms with Gasteiger partial charge in [-0.25, -0.2) is 9.18 Å². The van der Waals surface area contributed by atoms with E-state index < -0.39 is 72.3 Å². The van der Waals surface area contributed by atoms with Crippen molar-refractivity contribution >= 4 is 34.2 Å². The lowest BCUT2D eigenvalue weighted by Crippen LogP contribution is -2.45. The molecule has 1 saturated heterocycles. The molecule has 2 aliphatic rings. The zero-order valence-electron chi connectivity index (χ0n) is 22.9. The van der Waals surface area contributed by atoms with E-state index in [0.29, 0.717) is 6.07 Å². The normalized spacial score (nSPS) is 31.0. The summed E-state index contributed by atoms with van der Waals surface area (Å²) in [5, 5.41) is -0.358. The molecule has 3 heterocycles. The summed E-state index contributed by atoms with van der Waals surface area (Å²) in [6.07, 6.45) is 1.14. The lowest BCUT2D eigenvalue weighted by Gasteiger charge is -2.37. The van der Waals surface area contributed by atoms with E-state index in [0.717, 1.165) is 13.2 Å². The molecule has 0 aliphatic carbocycles. The molecular formula is C19H21ClFN3O4.